The number of halogens is 1. The Kier molecular flexibility index (Phi) is 1.95. The molecule has 0 atom stereocenters. The highest BCUT2D eigenvalue weighted by molar-refractivity contribution is 7.13. The highest BCUT2D eigenvalue weighted by atomic mass is 32.1. The Bertz CT molecular complexity index is 484. The summed E-state index contributed by atoms with van der Waals surface area (Å²) in [5.74, 6) is -0.285. The minimum atomic E-state index is -0.285. The third kappa shape index (κ3) is 1.38. The van der Waals surface area contributed by atoms with Crippen molar-refractivity contribution >= 4 is 21.6 Å². The summed E-state index contributed by atoms with van der Waals surface area (Å²) in [4.78, 5) is 0. The van der Waals surface area contributed by atoms with Crippen LogP contribution in [0.2, 0.25) is 0 Å². The lowest BCUT2D eigenvalue weighted by molar-refractivity contribution is 0.629. The van der Waals surface area contributed by atoms with Crippen LogP contribution in [-0.2, 0) is 6.42 Å². The van der Waals surface area contributed by atoms with E-state index in [1.807, 2.05) is 6.07 Å². The molecule has 1 heterocycles. The van der Waals surface area contributed by atoms with Crippen LogP contribution in [-0.4, -0.2) is 4.37 Å². The maximum atomic E-state index is 12.8. The third-order valence-corrected chi connectivity index (χ3v) is 2.62. The summed E-state index contributed by atoms with van der Waals surface area (Å²) >= 11 is 1.29. The lowest BCUT2D eigenvalue weighted by atomic mass is 10.2. The van der Waals surface area contributed by atoms with E-state index in [4.69, 9.17) is 5.26 Å². The second-order valence-electron chi connectivity index (χ2n) is 2.60. The number of rotatable bonds is 1. The molecule has 0 saturated heterocycles. The molecule has 0 N–H and O–H groups in total. The van der Waals surface area contributed by atoms with Crippen LogP contribution >= 0.6 is 11.5 Å². The fraction of sp³-hybridized carbons (Fsp3) is 0.111. The molecule has 1 aromatic heterocycles. The van der Waals surface area contributed by atoms with Gasteiger partial charge in [-0.25, -0.2) is 4.39 Å². The molecule has 0 unspecified atom stereocenters. The molecule has 0 spiro atoms. The largest absolute Gasteiger partial charge is 0.207 e. The van der Waals surface area contributed by atoms with Gasteiger partial charge in [-0.3, -0.25) is 0 Å². The highest BCUT2D eigenvalue weighted by Crippen LogP contribution is 2.23. The van der Waals surface area contributed by atoms with Crippen LogP contribution in [0.1, 0.15) is 5.69 Å². The average molecular weight is 192 g/mol. The van der Waals surface area contributed by atoms with Gasteiger partial charge in [-0.15, -0.1) is 0 Å². The van der Waals surface area contributed by atoms with Gasteiger partial charge in [-0.1, -0.05) is 0 Å². The molecule has 1 aromatic carbocycles. The molecule has 0 aliphatic heterocycles. The van der Waals surface area contributed by atoms with Gasteiger partial charge in [0.15, 0.2) is 0 Å². The Balaban J connectivity index is 2.66. The Morgan fingerprint density at radius 3 is 3.15 bits per heavy atom. The first kappa shape index (κ1) is 8.14. The number of benzene rings is 1. The van der Waals surface area contributed by atoms with Crippen LogP contribution < -0.4 is 0 Å². The van der Waals surface area contributed by atoms with Gasteiger partial charge in [0.25, 0.3) is 0 Å². The summed E-state index contributed by atoms with van der Waals surface area (Å²) in [6.07, 6.45) is 0.240. The predicted molar refractivity (Wildman–Crippen MR) is 48.9 cm³/mol. The van der Waals surface area contributed by atoms with Gasteiger partial charge in [0.1, 0.15) is 5.82 Å². The number of aromatic nitrogens is 1. The topological polar surface area (TPSA) is 36.7 Å². The van der Waals surface area contributed by atoms with Gasteiger partial charge in [-0.05, 0) is 29.7 Å². The van der Waals surface area contributed by atoms with E-state index in [1.165, 1.54) is 23.7 Å². The van der Waals surface area contributed by atoms with Crippen molar-refractivity contribution in [3.8, 4) is 6.07 Å². The van der Waals surface area contributed by atoms with E-state index >= 15 is 0 Å². The van der Waals surface area contributed by atoms with Crippen LogP contribution in [0.4, 0.5) is 4.39 Å². The fourth-order valence-corrected chi connectivity index (χ4v) is 1.94. The molecule has 2 rings (SSSR count). The molecule has 64 valence electrons. The number of fused-ring (bicyclic) bond motifs is 1. The number of hydrogen-bond acceptors (Lipinski definition) is 3. The molecule has 2 nitrogen and oxygen atoms in total. The number of hydrogen-bond donors (Lipinski definition) is 0. The highest BCUT2D eigenvalue weighted by Gasteiger charge is 2.05. The maximum absolute atomic E-state index is 12.8. The van der Waals surface area contributed by atoms with Gasteiger partial charge >= 0.3 is 0 Å². The van der Waals surface area contributed by atoms with Crippen molar-refractivity contribution in [1.82, 2.24) is 4.37 Å². The summed E-state index contributed by atoms with van der Waals surface area (Å²) in [5.41, 5.74) is 0.669. The molecule has 13 heavy (non-hydrogen) atoms. The summed E-state index contributed by atoms with van der Waals surface area (Å²) in [6, 6.07) is 6.51. The van der Waals surface area contributed by atoms with Crippen LogP contribution in [0.25, 0.3) is 10.1 Å². The minimum Gasteiger partial charge on any atom is -0.207 e. The van der Waals surface area contributed by atoms with Crippen molar-refractivity contribution in [2.24, 2.45) is 0 Å². The summed E-state index contributed by atoms with van der Waals surface area (Å²) in [7, 11) is 0. The van der Waals surface area contributed by atoms with E-state index in [1.54, 1.807) is 6.07 Å². The Hall–Kier alpha value is -1.47. The first-order chi connectivity index (χ1) is 6.31. The molecular weight excluding hydrogens is 187 g/mol. The average Bonchev–Trinajstić information content (AvgIpc) is 2.49. The van der Waals surface area contributed by atoms with Crippen molar-refractivity contribution in [3.63, 3.8) is 0 Å². The lowest BCUT2D eigenvalue weighted by Crippen LogP contribution is -1.81. The molecule has 0 radical (unpaired) electrons. The van der Waals surface area contributed by atoms with E-state index in [-0.39, 0.29) is 12.2 Å². The van der Waals surface area contributed by atoms with Gasteiger partial charge in [0.05, 0.1) is 22.9 Å². The monoisotopic (exact) mass is 192 g/mol. The van der Waals surface area contributed by atoms with Crippen molar-refractivity contribution in [2.75, 3.05) is 0 Å². The standard InChI is InChI=1S/C9H5FN2S/c10-6-1-2-9-7(5-6)8(3-4-11)12-13-9/h1-2,5H,3H2. The zero-order valence-electron chi connectivity index (χ0n) is 6.62. The number of nitriles is 1. The van der Waals surface area contributed by atoms with Crippen molar-refractivity contribution in [1.29, 1.82) is 5.26 Å². The van der Waals surface area contributed by atoms with Gasteiger partial charge in [0.2, 0.25) is 0 Å². The zero-order chi connectivity index (χ0) is 9.26. The number of nitrogens with zero attached hydrogens (tertiary/aromatic N) is 2. The SMILES string of the molecule is N#CCc1nsc2ccc(F)cc12. The summed E-state index contributed by atoms with van der Waals surface area (Å²) < 4.78 is 17.8. The van der Waals surface area contributed by atoms with Gasteiger partial charge < -0.3 is 0 Å². The van der Waals surface area contributed by atoms with E-state index in [2.05, 4.69) is 4.37 Å². The van der Waals surface area contributed by atoms with Crippen molar-refractivity contribution in [3.05, 3.63) is 29.7 Å². The van der Waals surface area contributed by atoms with Crippen LogP contribution in [0.15, 0.2) is 18.2 Å². The van der Waals surface area contributed by atoms with E-state index in [0.717, 1.165) is 10.1 Å². The summed E-state index contributed by atoms with van der Waals surface area (Å²) in [5, 5.41) is 9.24. The molecule has 0 saturated carbocycles. The molecule has 0 fully saturated rings. The first-order valence-corrected chi connectivity index (χ1v) is 4.49. The van der Waals surface area contributed by atoms with Crippen LogP contribution in [0.5, 0.6) is 0 Å². The van der Waals surface area contributed by atoms with E-state index in [9.17, 15) is 4.39 Å². The Morgan fingerprint density at radius 1 is 1.54 bits per heavy atom. The third-order valence-electron chi connectivity index (χ3n) is 1.75. The van der Waals surface area contributed by atoms with E-state index < -0.39 is 0 Å². The molecule has 0 bridgehead atoms. The molecule has 4 heteroatoms. The lowest BCUT2D eigenvalue weighted by Gasteiger charge is -1.90. The van der Waals surface area contributed by atoms with Gasteiger partial charge in [-0.2, -0.15) is 9.64 Å². The fourth-order valence-electron chi connectivity index (χ4n) is 1.16. The first-order valence-electron chi connectivity index (χ1n) is 3.72. The second-order valence-corrected chi connectivity index (χ2v) is 3.41. The maximum Gasteiger partial charge on any atom is 0.123 e. The minimum absolute atomic E-state index is 0.240. The normalized spacial score (nSPS) is 10.2. The molecule has 0 aliphatic rings. The molecule has 2 aromatic rings. The van der Waals surface area contributed by atoms with Gasteiger partial charge in [0, 0.05) is 5.39 Å². The quantitative estimate of drug-likeness (QED) is 0.696. The molecular formula is C9H5FN2S. The zero-order valence-corrected chi connectivity index (χ0v) is 7.44. The molecule has 0 aliphatic carbocycles. The van der Waals surface area contributed by atoms with Crippen LogP contribution in [0, 0.1) is 17.1 Å². The van der Waals surface area contributed by atoms with Crippen LogP contribution in [0.3, 0.4) is 0 Å². The Morgan fingerprint density at radius 2 is 2.38 bits per heavy atom. The summed E-state index contributed by atoms with van der Waals surface area (Å²) in [6.45, 7) is 0. The van der Waals surface area contributed by atoms with E-state index in [0.29, 0.717) is 5.69 Å². The van der Waals surface area contributed by atoms with Crippen molar-refractivity contribution < 1.29 is 4.39 Å². The van der Waals surface area contributed by atoms with Crippen molar-refractivity contribution in [2.45, 2.75) is 6.42 Å². The second kappa shape index (κ2) is 3.11. The predicted octanol–water partition coefficient (Wildman–Crippen LogP) is 2.50. The smallest absolute Gasteiger partial charge is 0.123 e. The Labute approximate surface area is 78.4 Å². The molecule has 0 amide bonds.